The lowest BCUT2D eigenvalue weighted by Crippen LogP contribution is -2.39. The summed E-state index contributed by atoms with van der Waals surface area (Å²) < 4.78 is 25.8. The van der Waals surface area contributed by atoms with Crippen LogP contribution in [-0.4, -0.2) is 29.9 Å². The molecule has 1 aromatic carbocycles. The van der Waals surface area contributed by atoms with E-state index in [0.29, 0.717) is 25.1 Å². The van der Waals surface area contributed by atoms with Crippen molar-refractivity contribution >= 4 is 5.91 Å². The lowest BCUT2D eigenvalue weighted by molar-refractivity contribution is -0.127. The summed E-state index contributed by atoms with van der Waals surface area (Å²) in [5, 5.41) is 3.21. The number of hydrogen-bond acceptors (Lipinski definition) is 2. The van der Waals surface area contributed by atoms with Gasteiger partial charge in [0, 0.05) is 32.1 Å². The molecule has 0 aliphatic carbocycles. The lowest BCUT2D eigenvalue weighted by atomic mass is 10.2. The van der Waals surface area contributed by atoms with E-state index >= 15 is 0 Å². The predicted molar refractivity (Wildman–Crippen MR) is 68.5 cm³/mol. The molecule has 5 heteroatoms. The summed E-state index contributed by atoms with van der Waals surface area (Å²) in [7, 11) is 0. The normalized spacial score (nSPS) is 17.0. The quantitative estimate of drug-likeness (QED) is 0.886. The Hall–Kier alpha value is -1.49. The monoisotopic (exact) mass is 268 g/mol. The van der Waals surface area contributed by atoms with E-state index in [0.717, 1.165) is 19.0 Å². The highest BCUT2D eigenvalue weighted by Gasteiger charge is 2.21. The molecule has 3 nitrogen and oxygen atoms in total. The van der Waals surface area contributed by atoms with E-state index < -0.39 is 11.6 Å². The summed E-state index contributed by atoms with van der Waals surface area (Å²) in [6.45, 7) is 3.91. The van der Waals surface area contributed by atoms with Gasteiger partial charge in [-0.05, 0) is 31.0 Å². The lowest BCUT2D eigenvalue weighted by Gasteiger charge is -2.21. The number of nitrogens with zero attached hydrogens (tertiary/aromatic N) is 1. The van der Waals surface area contributed by atoms with Crippen molar-refractivity contribution in [3.05, 3.63) is 35.4 Å². The molecule has 1 aliphatic rings. The number of likely N-dealkylation sites (tertiary alicyclic amines) is 1. The molecular formula is C14H18F2N2O. The van der Waals surface area contributed by atoms with Crippen molar-refractivity contribution < 1.29 is 13.6 Å². The van der Waals surface area contributed by atoms with Gasteiger partial charge in [0.25, 0.3) is 0 Å². The predicted octanol–water partition coefficient (Wildman–Crippen LogP) is 2.07. The van der Waals surface area contributed by atoms with Gasteiger partial charge in [0.15, 0.2) is 11.6 Å². The fraction of sp³-hybridized carbons (Fsp3) is 0.500. The van der Waals surface area contributed by atoms with Gasteiger partial charge in [-0.1, -0.05) is 6.07 Å². The minimum absolute atomic E-state index is 0.121. The van der Waals surface area contributed by atoms with E-state index in [2.05, 4.69) is 5.32 Å². The molecule has 0 saturated carbocycles. The van der Waals surface area contributed by atoms with Crippen molar-refractivity contribution in [3.63, 3.8) is 0 Å². The molecule has 0 spiro atoms. The zero-order valence-corrected chi connectivity index (χ0v) is 11.0. The van der Waals surface area contributed by atoms with Crippen LogP contribution in [0.3, 0.4) is 0 Å². The average Bonchev–Trinajstić information content (AvgIpc) is 2.77. The van der Waals surface area contributed by atoms with Gasteiger partial charge >= 0.3 is 0 Å². The minimum Gasteiger partial charge on any atom is -0.341 e. The van der Waals surface area contributed by atoms with E-state index in [4.69, 9.17) is 0 Å². The van der Waals surface area contributed by atoms with Crippen LogP contribution in [-0.2, 0) is 11.3 Å². The summed E-state index contributed by atoms with van der Waals surface area (Å²) in [5.74, 6) is -1.47. The van der Waals surface area contributed by atoms with E-state index in [1.54, 1.807) is 6.07 Å². The van der Waals surface area contributed by atoms with E-state index in [1.165, 1.54) is 6.07 Å². The zero-order chi connectivity index (χ0) is 13.8. The highest BCUT2D eigenvalue weighted by molar-refractivity contribution is 5.78. The molecule has 0 radical (unpaired) electrons. The van der Waals surface area contributed by atoms with Gasteiger partial charge in [-0.3, -0.25) is 4.79 Å². The summed E-state index contributed by atoms with van der Waals surface area (Å²) in [6, 6.07) is 3.99. The Bertz CT molecular complexity index is 465. The molecule has 19 heavy (non-hydrogen) atoms. The van der Waals surface area contributed by atoms with Crippen LogP contribution < -0.4 is 5.32 Å². The van der Waals surface area contributed by atoms with Crippen molar-refractivity contribution in [1.29, 1.82) is 0 Å². The van der Waals surface area contributed by atoms with Gasteiger partial charge in [0.05, 0.1) is 0 Å². The van der Waals surface area contributed by atoms with E-state index in [9.17, 15) is 13.6 Å². The van der Waals surface area contributed by atoms with Crippen molar-refractivity contribution in [2.24, 2.45) is 0 Å². The number of halogens is 2. The maximum Gasteiger partial charge on any atom is 0.222 e. The molecule has 1 heterocycles. The zero-order valence-electron chi connectivity index (χ0n) is 11.0. The number of amides is 1. The number of benzene rings is 1. The number of carbonyl (C=O) groups is 1. The molecule has 1 saturated heterocycles. The van der Waals surface area contributed by atoms with Crippen LogP contribution in [0, 0.1) is 11.6 Å². The Balaban J connectivity index is 1.81. The van der Waals surface area contributed by atoms with Gasteiger partial charge in [0.2, 0.25) is 5.91 Å². The van der Waals surface area contributed by atoms with Gasteiger partial charge in [-0.25, -0.2) is 8.78 Å². The number of nitrogens with one attached hydrogen (secondary N) is 1. The summed E-state index contributed by atoms with van der Waals surface area (Å²) in [5.41, 5.74) is 0.693. The van der Waals surface area contributed by atoms with Gasteiger partial charge in [-0.2, -0.15) is 0 Å². The molecule has 0 aromatic heterocycles. The first-order chi connectivity index (χ1) is 9.06. The molecule has 1 amide bonds. The van der Waals surface area contributed by atoms with Crippen molar-refractivity contribution in [3.8, 4) is 0 Å². The first-order valence-electron chi connectivity index (χ1n) is 6.51. The highest BCUT2D eigenvalue weighted by Crippen LogP contribution is 2.11. The fourth-order valence-electron chi connectivity index (χ4n) is 2.23. The fourth-order valence-corrected chi connectivity index (χ4v) is 2.23. The molecule has 1 fully saturated rings. The maximum atomic E-state index is 13.0. The van der Waals surface area contributed by atoms with Crippen molar-refractivity contribution in [2.75, 3.05) is 13.1 Å². The third-order valence-corrected chi connectivity index (χ3v) is 3.30. The summed E-state index contributed by atoms with van der Waals surface area (Å²) >= 11 is 0. The largest absolute Gasteiger partial charge is 0.341 e. The molecule has 104 valence electrons. The van der Waals surface area contributed by atoms with E-state index in [1.807, 2.05) is 11.8 Å². The Morgan fingerprint density at radius 3 is 2.79 bits per heavy atom. The molecule has 1 aromatic rings. The first-order valence-corrected chi connectivity index (χ1v) is 6.51. The van der Waals surface area contributed by atoms with E-state index in [-0.39, 0.29) is 11.9 Å². The smallest absolute Gasteiger partial charge is 0.222 e. The topological polar surface area (TPSA) is 32.3 Å². The Labute approximate surface area is 111 Å². The summed E-state index contributed by atoms with van der Waals surface area (Å²) in [6.07, 6.45) is 1.56. The van der Waals surface area contributed by atoms with Gasteiger partial charge in [-0.15, -0.1) is 0 Å². The number of carbonyl (C=O) groups excluding carboxylic acids is 1. The maximum absolute atomic E-state index is 13.0. The average molecular weight is 268 g/mol. The van der Waals surface area contributed by atoms with Gasteiger partial charge < -0.3 is 10.2 Å². The van der Waals surface area contributed by atoms with Crippen molar-refractivity contribution in [1.82, 2.24) is 10.2 Å². The van der Waals surface area contributed by atoms with Gasteiger partial charge in [0.1, 0.15) is 0 Å². The standard InChI is InChI=1S/C14H18F2N2O/c1-10(9-18-6-2-3-14(18)19)17-8-11-4-5-12(15)13(16)7-11/h4-5,7,10,17H,2-3,6,8-9H2,1H3. The Morgan fingerprint density at radius 2 is 2.16 bits per heavy atom. The van der Waals surface area contributed by atoms with Crippen LogP contribution >= 0.6 is 0 Å². The molecule has 1 N–H and O–H groups in total. The highest BCUT2D eigenvalue weighted by atomic mass is 19.2. The molecule has 1 unspecified atom stereocenters. The van der Waals surface area contributed by atoms with Crippen LogP contribution in [0.5, 0.6) is 0 Å². The summed E-state index contributed by atoms with van der Waals surface area (Å²) in [4.78, 5) is 13.3. The molecule has 1 atom stereocenters. The number of rotatable bonds is 5. The van der Waals surface area contributed by atoms with Crippen LogP contribution in [0.2, 0.25) is 0 Å². The number of hydrogen-bond donors (Lipinski definition) is 1. The minimum atomic E-state index is -0.834. The van der Waals surface area contributed by atoms with Crippen LogP contribution in [0.4, 0.5) is 8.78 Å². The second-order valence-electron chi connectivity index (χ2n) is 4.97. The Kier molecular flexibility index (Phi) is 4.47. The molecule has 1 aliphatic heterocycles. The Morgan fingerprint density at radius 1 is 1.37 bits per heavy atom. The molecular weight excluding hydrogens is 250 g/mol. The second kappa shape index (κ2) is 6.10. The third-order valence-electron chi connectivity index (χ3n) is 3.30. The third kappa shape index (κ3) is 3.73. The van der Waals surface area contributed by atoms with Crippen LogP contribution in [0.15, 0.2) is 18.2 Å². The van der Waals surface area contributed by atoms with Crippen LogP contribution in [0.25, 0.3) is 0 Å². The second-order valence-corrected chi connectivity index (χ2v) is 4.97. The SMILES string of the molecule is CC(CN1CCCC1=O)NCc1ccc(F)c(F)c1. The molecule has 2 rings (SSSR count). The van der Waals surface area contributed by atoms with Crippen molar-refractivity contribution in [2.45, 2.75) is 32.4 Å². The van der Waals surface area contributed by atoms with Crippen LogP contribution in [0.1, 0.15) is 25.3 Å². The molecule has 0 bridgehead atoms. The first kappa shape index (κ1) is 13.9.